The number of hydrogen-bond acceptors (Lipinski definition) is 4. The first-order chi connectivity index (χ1) is 13.9. The van der Waals surface area contributed by atoms with Gasteiger partial charge in [0.05, 0.1) is 17.9 Å². The SMILES string of the molecule is C=C(OCC)c1ccc2c(c1)C=NC(C)(c1c(F)cccc1F)c1nnc(C)n1-2. The highest BCUT2D eigenvalue weighted by Gasteiger charge is 2.40. The molecule has 29 heavy (non-hydrogen) atoms. The summed E-state index contributed by atoms with van der Waals surface area (Å²) in [6.45, 7) is 9.75. The van der Waals surface area contributed by atoms with Gasteiger partial charge in [0.15, 0.2) is 5.82 Å². The van der Waals surface area contributed by atoms with E-state index in [9.17, 15) is 8.78 Å². The summed E-state index contributed by atoms with van der Waals surface area (Å²) in [5, 5.41) is 8.40. The minimum absolute atomic E-state index is 0.170. The van der Waals surface area contributed by atoms with Gasteiger partial charge in [0.2, 0.25) is 0 Å². The number of fused-ring (bicyclic) bond motifs is 3. The third-order valence-corrected chi connectivity index (χ3v) is 5.08. The molecule has 5 nitrogen and oxygen atoms in total. The monoisotopic (exact) mass is 394 g/mol. The van der Waals surface area contributed by atoms with Crippen LogP contribution in [-0.4, -0.2) is 27.6 Å². The summed E-state index contributed by atoms with van der Waals surface area (Å²) in [5.74, 6) is 0.0921. The first kappa shape index (κ1) is 19.0. The minimum Gasteiger partial charge on any atom is -0.494 e. The van der Waals surface area contributed by atoms with Crippen molar-refractivity contribution in [1.82, 2.24) is 14.8 Å². The molecule has 1 unspecified atom stereocenters. The minimum atomic E-state index is -1.40. The molecule has 0 spiro atoms. The van der Waals surface area contributed by atoms with Gasteiger partial charge in [0.25, 0.3) is 0 Å². The second-order valence-electron chi connectivity index (χ2n) is 6.96. The predicted octanol–water partition coefficient (Wildman–Crippen LogP) is 4.56. The molecular weight excluding hydrogens is 374 g/mol. The molecule has 0 fully saturated rings. The zero-order valence-corrected chi connectivity index (χ0v) is 16.4. The van der Waals surface area contributed by atoms with E-state index in [1.54, 1.807) is 24.6 Å². The van der Waals surface area contributed by atoms with E-state index in [0.29, 0.717) is 24.0 Å². The summed E-state index contributed by atoms with van der Waals surface area (Å²) in [7, 11) is 0. The van der Waals surface area contributed by atoms with Gasteiger partial charge in [0.1, 0.15) is 28.8 Å². The van der Waals surface area contributed by atoms with E-state index in [0.717, 1.165) is 16.8 Å². The maximum Gasteiger partial charge on any atom is 0.170 e. The van der Waals surface area contributed by atoms with Gasteiger partial charge in [0, 0.05) is 17.3 Å². The van der Waals surface area contributed by atoms with Gasteiger partial charge in [-0.3, -0.25) is 9.56 Å². The van der Waals surface area contributed by atoms with Gasteiger partial charge in [-0.2, -0.15) is 0 Å². The van der Waals surface area contributed by atoms with E-state index < -0.39 is 17.2 Å². The van der Waals surface area contributed by atoms with E-state index in [1.165, 1.54) is 18.2 Å². The highest BCUT2D eigenvalue weighted by atomic mass is 19.1. The smallest absolute Gasteiger partial charge is 0.170 e. The highest BCUT2D eigenvalue weighted by Crippen LogP contribution is 2.39. The molecule has 3 aromatic rings. The standard InChI is InChI=1S/C22H20F2N4O/c1-5-29-13(2)15-9-10-19-16(11-15)12-25-22(4,21-27-26-14(3)28(19)21)20-17(23)7-6-8-18(20)24/h6-12H,2,5H2,1,3-4H3. The molecule has 0 saturated heterocycles. The molecule has 4 rings (SSSR count). The molecule has 1 aliphatic heterocycles. The van der Waals surface area contributed by atoms with Crippen LogP contribution in [0.4, 0.5) is 8.78 Å². The number of aryl methyl sites for hydroxylation is 1. The van der Waals surface area contributed by atoms with Crippen LogP contribution in [0, 0.1) is 18.6 Å². The largest absolute Gasteiger partial charge is 0.494 e. The topological polar surface area (TPSA) is 52.3 Å². The Balaban J connectivity index is 1.97. The van der Waals surface area contributed by atoms with Crippen LogP contribution in [0.15, 0.2) is 48.0 Å². The summed E-state index contributed by atoms with van der Waals surface area (Å²) in [6.07, 6.45) is 1.61. The van der Waals surface area contributed by atoms with Crippen LogP contribution < -0.4 is 0 Å². The number of aromatic nitrogens is 3. The maximum absolute atomic E-state index is 14.7. The van der Waals surface area contributed by atoms with Crippen molar-refractivity contribution in [1.29, 1.82) is 0 Å². The number of halogens is 2. The summed E-state index contributed by atoms with van der Waals surface area (Å²) in [5.41, 5.74) is 0.738. The zero-order chi connectivity index (χ0) is 20.8. The molecule has 1 atom stereocenters. The number of benzene rings is 2. The molecule has 7 heteroatoms. The van der Waals surface area contributed by atoms with Crippen LogP contribution in [-0.2, 0) is 10.3 Å². The van der Waals surface area contributed by atoms with E-state index >= 15 is 0 Å². The molecule has 0 saturated carbocycles. The van der Waals surface area contributed by atoms with Crippen LogP contribution in [0.1, 0.15) is 42.2 Å². The highest BCUT2D eigenvalue weighted by molar-refractivity contribution is 5.88. The van der Waals surface area contributed by atoms with Gasteiger partial charge in [-0.1, -0.05) is 12.6 Å². The molecule has 0 bridgehead atoms. The number of nitrogens with zero attached hydrogens (tertiary/aromatic N) is 4. The molecule has 1 aromatic heterocycles. The molecule has 1 aliphatic rings. The molecule has 0 N–H and O–H groups in total. The van der Waals surface area contributed by atoms with Crippen molar-refractivity contribution in [3.63, 3.8) is 0 Å². The van der Waals surface area contributed by atoms with Crippen molar-refractivity contribution in [3.8, 4) is 5.69 Å². The maximum atomic E-state index is 14.7. The molecule has 0 aliphatic carbocycles. The van der Waals surface area contributed by atoms with E-state index in [4.69, 9.17) is 4.74 Å². The lowest BCUT2D eigenvalue weighted by atomic mass is 9.90. The molecule has 0 amide bonds. The Hall–Kier alpha value is -3.35. The summed E-state index contributed by atoms with van der Waals surface area (Å²) < 4.78 is 36.7. The van der Waals surface area contributed by atoms with Gasteiger partial charge in [-0.05, 0) is 51.1 Å². The average molecular weight is 394 g/mol. The fourth-order valence-electron chi connectivity index (χ4n) is 3.65. The lowest BCUT2D eigenvalue weighted by Gasteiger charge is -2.25. The normalized spacial score (nSPS) is 17.4. The lowest BCUT2D eigenvalue weighted by Crippen LogP contribution is -2.28. The number of rotatable bonds is 4. The Kier molecular flexibility index (Phi) is 4.53. The van der Waals surface area contributed by atoms with Crippen LogP contribution in [0.2, 0.25) is 0 Å². The molecule has 0 radical (unpaired) electrons. The molecule has 148 valence electrons. The Labute approximate surface area is 167 Å². The van der Waals surface area contributed by atoms with Crippen molar-refractivity contribution in [2.45, 2.75) is 26.3 Å². The zero-order valence-electron chi connectivity index (χ0n) is 16.4. The lowest BCUT2D eigenvalue weighted by molar-refractivity contribution is 0.299. The molecular formula is C22H20F2N4O. The summed E-state index contributed by atoms with van der Waals surface area (Å²) >= 11 is 0. The fourth-order valence-corrected chi connectivity index (χ4v) is 3.65. The summed E-state index contributed by atoms with van der Waals surface area (Å²) in [4.78, 5) is 4.59. The Morgan fingerprint density at radius 2 is 1.90 bits per heavy atom. The van der Waals surface area contributed by atoms with Crippen LogP contribution in [0.3, 0.4) is 0 Å². The van der Waals surface area contributed by atoms with Crippen molar-refractivity contribution in [2.24, 2.45) is 4.99 Å². The molecule has 2 aromatic carbocycles. The van der Waals surface area contributed by atoms with E-state index in [2.05, 4.69) is 21.8 Å². The van der Waals surface area contributed by atoms with Crippen molar-refractivity contribution in [2.75, 3.05) is 6.61 Å². The van der Waals surface area contributed by atoms with Crippen molar-refractivity contribution < 1.29 is 13.5 Å². The van der Waals surface area contributed by atoms with Gasteiger partial charge in [-0.25, -0.2) is 8.78 Å². The van der Waals surface area contributed by atoms with Gasteiger partial charge >= 0.3 is 0 Å². The van der Waals surface area contributed by atoms with Crippen molar-refractivity contribution >= 4 is 12.0 Å². The number of hydrogen-bond donors (Lipinski definition) is 0. The third-order valence-electron chi connectivity index (χ3n) is 5.08. The summed E-state index contributed by atoms with van der Waals surface area (Å²) in [6, 6.07) is 9.39. The average Bonchev–Trinajstić information content (AvgIpc) is 3.02. The predicted molar refractivity (Wildman–Crippen MR) is 107 cm³/mol. The van der Waals surface area contributed by atoms with E-state index in [-0.39, 0.29) is 5.56 Å². The quantitative estimate of drug-likeness (QED) is 0.610. The fraction of sp³-hybridized carbons (Fsp3) is 0.227. The Morgan fingerprint density at radius 1 is 1.17 bits per heavy atom. The van der Waals surface area contributed by atoms with Gasteiger partial charge < -0.3 is 4.74 Å². The first-order valence-electron chi connectivity index (χ1n) is 9.25. The first-order valence-corrected chi connectivity index (χ1v) is 9.25. The van der Waals surface area contributed by atoms with Gasteiger partial charge in [-0.15, -0.1) is 10.2 Å². The van der Waals surface area contributed by atoms with Crippen LogP contribution in [0.25, 0.3) is 11.4 Å². The van der Waals surface area contributed by atoms with E-state index in [1.807, 2.05) is 25.1 Å². The van der Waals surface area contributed by atoms with Crippen molar-refractivity contribution in [3.05, 3.63) is 83.0 Å². The third kappa shape index (κ3) is 2.93. The molecule has 2 heterocycles. The Bertz CT molecular complexity index is 1130. The second-order valence-corrected chi connectivity index (χ2v) is 6.96. The number of ether oxygens (including phenoxy) is 1. The van der Waals surface area contributed by atoms with Crippen LogP contribution in [0.5, 0.6) is 0 Å². The Morgan fingerprint density at radius 3 is 2.59 bits per heavy atom. The number of aliphatic imine (C=N–C) groups is 1. The second kappa shape index (κ2) is 6.92. The van der Waals surface area contributed by atoms with Crippen LogP contribution >= 0.6 is 0 Å².